The van der Waals surface area contributed by atoms with E-state index >= 15 is 0 Å². The van der Waals surface area contributed by atoms with Crippen molar-refractivity contribution in [1.82, 2.24) is 20.1 Å². The Labute approximate surface area is 172 Å². The van der Waals surface area contributed by atoms with E-state index in [4.69, 9.17) is 11.6 Å². The highest BCUT2D eigenvalue weighted by Crippen LogP contribution is 2.39. The maximum Gasteiger partial charge on any atom is 0.259 e. The van der Waals surface area contributed by atoms with Crippen LogP contribution in [-0.4, -0.2) is 26.3 Å². The van der Waals surface area contributed by atoms with E-state index in [1.54, 1.807) is 31.5 Å². The first-order valence-electron chi connectivity index (χ1n) is 9.38. The van der Waals surface area contributed by atoms with E-state index in [1.807, 2.05) is 10.8 Å². The maximum absolute atomic E-state index is 14.6. The van der Waals surface area contributed by atoms with Gasteiger partial charge in [0, 0.05) is 12.1 Å². The van der Waals surface area contributed by atoms with E-state index in [2.05, 4.69) is 25.9 Å². The number of hydrazone groups is 1. The summed E-state index contributed by atoms with van der Waals surface area (Å²) in [4.78, 5) is 21.4. The molecule has 1 aliphatic rings. The number of rotatable bonds is 6. The van der Waals surface area contributed by atoms with Crippen molar-refractivity contribution in [1.29, 1.82) is 0 Å². The van der Waals surface area contributed by atoms with Crippen LogP contribution >= 0.6 is 0 Å². The van der Waals surface area contributed by atoms with E-state index in [-0.39, 0.29) is 17.2 Å². The monoisotopic (exact) mass is 408 g/mol. The van der Waals surface area contributed by atoms with Gasteiger partial charge in [-0.1, -0.05) is 6.07 Å². The molecule has 1 saturated carbocycles. The molecule has 10 heteroatoms. The second-order valence-corrected chi connectivity index (χ2v) is 7.09. The minimum Gasteiger partial charge on any atom is -0.380 e. The number of nitrogens with zero attached hydrogens (tertiary/aromatic N) is 4. The number of pyridine rings is 1. The van der Waals surface area contributed by atoms with Gasteiger partial charge in [0.2, 0.25) is 0 Å². The average molecular weight is 408 g/mol. The van der Waals surface area contributed by atoms with Gasteiger partial charge in [-0.3, -0.25) is 4.79 Å². The molecule has 0 radical (unpaired) electrons. The number of anilines is 1. The van der Waals surface area contributed by atoms with Crippen molar-refractivity contribution < 1.29 is 9.18 Å². The van der Waals surface area contributed by atoms with Crippen LogP contribution in [0.25, 0.3) is 5.69 Å². The fourth-order valence-electron chi connectivity index (χ4n) is 3.13. The molecule has 1 amide bonds. The van der Waals surface area contributed by atoms with E-state index in [0.29, 0.717) is 22.9 Å². The van der Waals surface area contributed by atoms with Gasteiger partial charge >= 0.3 is 0 Å². The lowest BCUT2D eigenvalue weighted by Gasteiger charge is -2.12. The highest BCUT2D eigenvalue weighted by atomic mass is 19.1. The van der Waals surface area contributed by atoms with Crippen LogP contribution in [0, 0.1) is 12.7 Å². The lowest BCUT2D eigenvalue weighted by molar-refractivity contribution is 0.102. The molecule has 0 bridgehead atoms. The van der Waals surface area contributed by atoms with Crippen molar-refractivity contribution in [3.8, 4) is 5.69 Å². The smallest absolute Gasteiger partial charge is 0.259 e. The molecule has 0 atom stereocenters. The van der Waals surface area contributed by atoms with E-state index in [9.17, 15) is 9.18 Å². The number of aromatic nitrogens is 3. The number of hydrazine groups is 1. The van der Waals surface area contributed by atoms with Gasteiger partial charge in [-0.2, -0.15) is 0 Å². The molecule has 0 spiro atoms. The number of amidine groups is 1. The Bertz CT molecular complexity index is 1140. The number of carbonyl (C=O) groups excluding carboxylic acids is 1. The number of halogens is 1. The standard InChI is InChI=1S/C20H21FN8O/c1-11-7-14(21)13(8-17(11)29-9-16(24-10-29)12-5-6-12)20(30)26-18-4-2-3-15(25-18)19(22)27-28-23/h2-4,7-10,12,28H,5-6,23H2,1H3,(H2,22,27)(H,25,26,30). The molecule has 4 rings (SSSR count). The predicted octanol–water partition coefficient (Wildman–Crippen LogP) is 1.93. The summed E-state index contributed by atoms with van der Waals surface area (Å²) >= 11 is 0. The molecule has 2 heterocycles. The van der Waals surface area contributed by atoms with Gasteiger partial charge in [-0.25, -0.2) is 25.7 Å². The van der Waals surface area contributed by atoms with Gasteiger partial charge in [0.05, 0.1) is 23.3 Å². The summed E-state index contributed by atoms with van der Waals surface area (Å²) in [6.45, 7) is 1.79. The van der Waals surface area contributed by atoms with E-state index in [1.165, 1.54) is 12.1 Å². The molecule has 6 N–H and O–H groups in total. The molecule has 0 aliphatic heterocycles. The number of hydrogen-bond donors (Lipinski definition) is 4. The van der Waals surface area contributed by atoms with Crippen molar-refractivity contribution in [2.24, 2.45) is 16.7 Å². The zero-order valence-corrected chi connectivity index (χ0v) is 16.3. The first-order chi connectivity index (χ1) is 14.5. The van der Waals surface area contributed by atoms with Crippen LogP contribution in [0.1, 0.15) is 46.1 Å². The zero-order valence-electron chi connectivity index (χ0n) is 16.3. The molecule has 0 unspecified atom stereocenters. The fourth-order valence-corrected chi connectivity index (χ4v) is 3.13. The third kappa shape index (κ3) is 3.98. The Morgan fingerprint density at radius 3 is 2.87 bits per heavy atom. The number of benzene rings is 1. The van der Waals surface area contributed by atoms with Gasteiger partial charge < -0.3 is 15.6 Å². The molecule has 9 nitrogen and oxygen atoms in total. The number of imidazole rings is 1. The molecule has 154 valence electrons. The van der Waals surface area contributed by atoms with Gasteiger partial charge in [0.15, 0.2) is 5.84 Å². The normalized spacial score (nSPS) is 13.9. The highest BCUT2D eigenvalue weighted by molar-refractivity contribution is 6.05. The van der Waals surface area contributed by atoms with Gasteiger partial charge in [-0.05, 0) is 49.6 Å². The van der Waals surface area contributed by atoms with Gasteiger partial charge in [0.1, 0.15) is 17.3 Å². The van der Waals surface area contributed by atoms with Crippen LogP contribution in [0.3, 0.4) is 0 Å². The zero-order chi connectivity index (χ0) is 21.3. The topological polar surface area (TPSA) is 136 Å². The summed E-state index contributed by atoms with van der Waals surface area (Å²) < 4.78 is 16.4. The second-order valence-electron chi connectivity index (χ2n) is 7.09. The fraction of sp³-hybridized carbons (Fsp3) is 0.200. The number of hydrogen-bond acceptors (Lipinski definition) is 6. The van der Waals surface area contributed by atoms with Crippen molar-refractivity contribution >= 4 is 17.6 Å². The minimum atomic E-state index is -0.631. The molecule has 2 aromatic heterocycles. The molecule has 1 fully saturated rings. The number of carbonyl (C=O) groups is 1. The molecule has 3 aromatic rings. The van der Waals surface area contributed by atoms with Crippen LogP contribution in [0.15, 0.2) is 48.0 Å². The summed E-state index contributed by atoms with van der Waals surface area (Å²) in [5.41, 5.74) is 10.4. The van der Waals surface area contributed by atoms with Crippen molar-refractivity contribution in [2.45, 2.75) is 25.7 Å². The summed E-state index contributed by atoms with van der Waals surface area (Å²) in [7, 11) is 0. The number of amides is 1. The Hall–Kier alpha value is -3.79. The van der Waals surface area contributed by atoms with Crippen LogP contribution in [0.2, 0.25) is 0 Å². The van der Waals surface area contributed by atoms with Crippen LogP contribution in [0.5, 0.6) is 0 Å². The lowest BCUT2D eigenvalue weighted by Crippen LogP contribution is -2.24. The van der Waals surface area contributed by atoms with Gasteiger partial charge in [0.25, 0.3) is 5.91 Å². The summed E-state index contributed by atoms with van der Waals surface area (Å²) in [5.74, 6) is 4.60. The van der Waals surface area contributed by atoms with Crippen LogP contribution < -0.4 is 22.4 Å². The van der Waals surface area contributed by atoms with Crippen LogP contribution in [-0.2, 0) is 0 Å². The Morgan fingerprint density at radius 2 is 2.13 bits per heavy atom. The summed E-state index contributed by atoms with van der Waals surface area (Å²) in [6.07, 6.45) is 5.89. The first-order valence-corrected chi connectivity index (χ1v) is 9.38. The van der Waals surface area contributed by atoms with Gasteiger partial charge in [-0.15, -0.1) is 5.10 Å². The van der Waals surface area contributed by atoms with Crippen LogP contribution in [0.4, 0.5) is 10.2 Å². The number of aryl methyl sites for hydroxylation is 1. The third-order valence-electron chi connectivity index (χ3n) is 4.84. The Balaban J connectivity index is 1.61. The second kappa shape index (κ2) is 7.91. The Morgan fingerprint density at radius 1 is 1.33 bits per heavy atom. The summed E-state index contributed by atoms with van der Waals surface area (Å²) in [6, 6.07) is 7.65. The van der Waals surface area contributed by atoms with Crippen molar-refractivity contribution in [2.75, 3.05) is 5.32 Å². The molecule has 1 aromatic carbocycles. The quantitative estimate of drug-likeness (QED) is 0.213. The average Bonchev–Trinajstić information content (AvgIpc) is 3.46. The molecular formula is C20H21FN8O. The molecule has 1 aliphatic carbocycles. The van der Waals surface area contributed by atoms with Crippen molar-refractivity contribution in [3.63, 3.8) is 0 Å². The largest absolute Gasteiger partial charge is 0.380 e. The van der Waals surface area contributed by atoms with E-state index in [0.717, 1.165) is 18.5 Å². The van der Waals surface area contributed by atoms with E-state index < -0.39 is 11.7 Å². The predicted molar refractivity (Wildman–Crippen MR) is 110 cm³/mol. The third-order valence-corrected chi connectivity index (χ3v) is 4.84. The highest BCUT2D eigenvalue weighted by Gasteiger charge is 2.26. The molecular weight excluding hydrogens is 387 g/mol. The summed E-state index contributed by atoms with van der Waals surface area (Å²) in [5, 5.41) is 6.23. The molecule has 30 heavy (non-hydrogen) atoms. The number of nitrogens with two attached hydrogens (primary N) is 2. The Kier molecular flexibility index (Phi) is 5.15. The number of nitrogens with one attached hydrogen (secondary N) is 2. The lowest BCUT2D eigenvalue weighted by atomic mass is 10.1. The molecule has 0 saturated heterocycles. The first kappa shape index (κ1) is 19.5. The minimum absolute atomic E-state index is 0.0453. The maximum atomic E-state index is 14.6. The SMILES string of the molecule is Cc1cc(F)c(C(=O)Nc2cccc(/C(N)=N/NN)n2)cc1-n1cnc(C2CC2)c1. The van der Waals surface area contributed by atoms with Crippen molar-refractivity contribution in [3.05, 3.63) is 71.2 Å².